The summed E-state index contributed by atoms with van der Waals surface area (Å²) in [5, 5.41) is 8.45. The van der Waals surface area contributed by atoms with Crippen molar-refractivity contribution in [3.05, 3.63) is 28.2 Å². The lowest BCUT2D eigenvalue weighted by molar-refractivity contribution is -0.200. The van der Waals surface area contributed by atoms with E-state index in [2.05, 4.69) is 15.9 Å². The lowest BCUT2D eigenvalue weighted by Crippen LogP contribution is -2.36. The number of carboxylic acid groups (broad SMARTS) is 1. The molecule has 0 aliphatic rings. The lowest BCUT2D eigenvalue weighted by atomic mass is 10.2. The number of ether oxygens (including phenoxy) is 1. The summed E-state index contributed by atoms with van der Waals surface area (Å²) in [4.78, 5) is 10.4. The molecule has 1 aromatic rings. The summed E-state index contributed by atoms with van der Waals surface area (Å²) in [5.74, 6) is -1.55. The van der Waals surface area contributed by atoms with Crippen LogP contribution >= 0.6 is 15.9 Å². The molecule has 0 aliphatic carbocycles. The van der Waals surface area contributed by atoms with Crippen LogP contribution < -0.4 is 4.74 Å². The maximum atomic E-state index is 12.6. The van der Waals surface area contributed by atoms with E-state index in [9.17, 15) is 18.0 Å². The molecule has 1 N–H and O–H groups in total. The van der Waals surface area contributed by atoms with Crippen LogP contribution in [-0.2, 0) is 4.79 Å². The fourth-order valence-electron chi connectivity index (χ4n) is 1.28. The Morgan fingerprint density at radius 1 is 1.50 bits per heavy atom. The zero-order chi connectivity index (χ0) is 13.9. The molecule has 7 heteroatoms. The molecule has 0 aliphatic heterocycles. The van der Waals surface area contributed by atoms with Crippen LogP contribution in [0.1, 0.15) is 12.0 Å². The number of aryl methyl sites for hydroxylation is 1. The number of hydrogen-bond acceptors (Lipinski definition) is 2. The zero-order valence-electron chi connectivity index (χ0n) is 9.29. The van der Waals surface area contributed by atoms with E-state index in [-0.39, 0.29) is 5.75 Å². The van der Waals surface area contributed by atoms with Gasteiger partial charge in [-0.3, -0.25) is 4.79 Å². The van der Waals surface area contributed by atoms with Gasteiger partial charge in [0.2, 0.25) is 6.10 Å². The third kappa shape index (κ3) is 4.21. The summed E-state index contributed by atoms with van der Waals surface area (Å²) in [6.45, 7) is 1.58. The largest absolute Gasteiger partial charge is 0.481 e. The van der Waals surface area contributed by atoms with E-state index in [0.29, 0.717) is 10.0 Å². The predicted molar refractivity (Wildman–Crippen MR) is 61.6 cm³/mol. The standard InChI is InChI=1S/C11H10BrF3O3/c1-6-4-7(12)2-3-8(6)18-9(5-10(16)17)11(13,14)15/h2-4,9H,5H2,1H3,(H,16,17). The van der Waals surface area contributed by atoms with E-state index in [1.165, 1.54) is 12.1 Å². The first kappa shape index (κ1) is 14.8. The fraction of sp³-hybridized carbons (Fsp3) is 0.364. The molecule has 1 unspecified atom stereocenters. The molecule has 0 amide bonds. The van der Waals surface area contributed by atoms with Crippen molar-refractivity contribution in [3.63, 3.8) is 0 Å². The van der Waals surface area contributed by atoms with E-state index in [1.54, 1.807) is 13.0 Å². The third-order valence-corrected chi connectivity index (χ3v) is 2.62. The second kappa shape index (κ2) is 5.60. The highest BCUT2D eigenvalue weighted by Crippen LogP contribution is 2.30. The first-order valence-electron chi connectivity index (χ1n) is 4.91. The number of carboxylic acids is 1. The zero-order valence-corrected chi connectivity index (χ0v) is 10.9. The molecular weight excluding hydrogens is 317 g/mol. The van der Waals surface area contributed by atoms with Crippen molar-refractivity contribution >= 4 is 21.9 Å². The molecule has 0 aromatic heterocycles. The average molecular weight is 327 g/mol. The van der Waals surface area contributed by atoms with E-state index in [1.807, 2.05) is 0 Å². The van der Waals surface area contributed by atoms with Gasteiger partial charge in [-0.15, -0.1) is 0 Å². The van der Waals surface area contributed by atoms with Crippen molar-refractivity contribution in [2.24, 2.45) is 0 Å². The molecule has 0 saturated carbocycles. The topological polar surface area (TPSA) is 46.5 Å². The minimum absolute atomic E-state index is 0.0155. The highest BCUT2D eigenvalue weighted by Gasteiger charge is 2.43. The van der Waals surface area contributed by atoms with Crippen molar-refractivity contribution in [2.75, 3.05) is 0 Å². The molecule has 1 aromatic carbocycles. The maximum absolute atomic E-state index is 12.6. The quantitative estimate of drug-likeness (QED) is 0.920. The van der Waals surface area contributed by atoms with Crippen LogP contribution in [-0.4, -0.2) is 23.4 Å². The second-order valence-electron chi connectivity index (χ2n) is 3.66. The number of benzene rings is 1. The first-order chi connectivity index (χ1) is 8.20. The molecule has 0 saturated heterocycles. The van der Waals surface area contributed by atoms with Gasteiger partial charge in [-0.2, -0.15) is 13.2 Å². The second-order valence-corrected chi connectivity index (χ2v) is 4.57. The molecule has 100 valence electrons. The number of alkyl halides is 3. The van der Waals surface area contributed by atoms with Crippen LogP contribution in [0.3, 0.4) is 0 Å². The van der Waals surface area contributed by atoms with Gasteiger partial charge in [0.15, 0.2) is 0 Å². The van der Waals surface area contributed by atoms with Crippen molar-refractivity contribution in [2.45, 2.75) is 25.6 Å². The number of hydrogen-bond donors (Lipinski definition) is 1. The van der Waals surface area contributed by atoms with Crippen LogP contribution in [0.25, 0.3) is 0 Å². The van der Waals surface area contributed by atoms with E-state index < -0.39 is 24.7 Å². The van der Waals surface area contributed by atoms with Crippen molar-refractivity contribution < 1.29 is 27.8 Å². The summed E-state index contributed by atoms with van der Waals surface area (Å²) < 4.78 is 43.2. The van der Waals surface area contributed by atoms with Gasteiger partial charge in [-0.05, 0) is 30.7 Å². The minimum Gasteiger partial charge on any atom is -0.481 e. The van der Waals surface area contributed by atoms with Crippen molar-refractivity contribution in [1.29, 1.82) is 0 Å². The Hall–Kier alpha value is -1.24. The Bertz CT molecular complexity index is 446. The van der Waals surface area contributed by atoms with Gasteiger partial charge in [-0.1, -0.05) is 15.9 Å². The monoisotopic (exact) mass is 326 g/mol. The Morgan fingerprint density at radius 3 is 2.56 bits per heavy atom. The van der Waals surface area contributed by atoms with E-state index in [0.717, 1.165) is 0 Å². The summed E-state index contributed by atoms with van der Waals surface area (Å²) in [7, 11) is 0. The van der Waals surface area contributed by atoms with Crippen molar-refractivity contribution in [1.82, 2.24) is 0 Å². The SMILES string of the molecule is Cc1cc(Br)ccc1OC(CC(=O)O)C(F)(F)F. The van der Waals surface area contributed by atoms with Crippen LogP contribution in [0, 0.1) is 6.92 Å². The molecular formula is C11H10BrF3O3. The van der Waals surface area contributed by atoms with Gasteiger partial charge >= 0.3 is 12.1 Å². The summed E-state index contributed by atoms with van der Waals surface area (Å²) in [6, 6.07) is 4.47. The number of rotatable bonds is 4. The number of halogens is 4. The highest BCUT2D eigenvalue weighted by atomic mass is 79.9. The lowest BCUT2D eigenvalue weighted by Gasteiger charge is -2.21. The molecule has 0 spiro atoms. The molecule has 0 fully saturated rings. The van der Waals surface area contributed by atoms with E-state index in [4.69, 9.17) is 9.84 Å². The van der Waals surface area contributed by atoms with Crippen LogP contribution in [0.15, 0.2) is 22.7 Å². The smallest absolute Gasteiger partial charge is 0.426 e. The van der Waals surface area contributed by atoms with E-state index >= 15 is 0 Å². The average Bonchev–Trinajstić information content (AvgIpc) is 2.18. The summed E-state index contributed by atoms with van der Waals surface area (Å²) in [5.41, 5.74) is 0.490. The summed E-state index contributed by atoms with van der Waals surface area (Å²) >= 11 is 3.17. The van der Waals surface area contributed by atoms with Gasteiger partial charge in [-0.25, -0.2) is 0 Å². The van der Waals surface area contributed by atoms with Gasteiger partial charge in [0.05, 0.1) is 6.42 Å². The van der Waals surface area contributed by atoms with Gasteiger partial charge in [0, 0.05) is 4.47 Å². The van der Waals surface area contributed by atoms with Crippen LogP contribution in [0.5, 0.6) is 5.75 Å². The molecule has 0 heterocycles. The van der Waals surface area contributed by atoms with Gasteiger partial charge in [0.1, 0.15) is 5.75 Å². The predicted octanol–water partition coefficient (Wildman–Crippen LogP) is 3.54. The fourth-order valence-corrected chi connectivity index (χ4v) is 1.76. The van der Waals surface area contributed by atoms with Crippen LogP contribution in [0.2, 0.25) is 0 Å². The van der Waals surface area contributed by atoms with Gasteiger partial charge < -0.3 is 9.84 Å². The Labute approximate surface area is 110 Å². The third-order valence-electron chi connectivity index (χ3n) is 2.13. The molecule has 3 nitrogen and oxygen atoms in total. The highest BCUT2D eigenvalue weighted by molar-refractivity contribution is 9.10. The Balaban J connectivity index is 2.92. The number of aliphatic carboxylic acids is 1. The van der Waals surface area contributed by atoms with Crippen LogP contribution in [0.4, 0.5) is 13.2 Å². The molecule has 18 heavy (non-hydrogen) atoms. The minimum atomic E-state index is -4.72. The number of carbonyl (C=O) groups is 1. The normalized spacial score (nSPS) is 13.2. The molecule has 1 atom stereocenters. The Morgan fingerprint density at radius 2 is 2.11 bits per heavy atom. The Kier molecular flexibility index (Phi) is 4.61. The maximum Gasteiger partial charge on any atom is 0.426 e. The van der Waals surface area contributed by atoms with Gasteiger partial charge in [0.25, 0.3) is 0 Å². The summed E-state index contributed by atoms with van der Waals surface area (Å²) in [6.07, 6.45) is -8.20. The molecule has 1 rings (SSSR count). The first-order valence-corrected chi connectivity index (χ1v) is 5.70. The van der Waals surface area contributed by atoms with Crippen molar-refractivity contribution in [3.8, 4) is 5.75 Å². The molecule has 0 bridgehead atoms. The molecule has 0 radical (unpaired) electrons.